The predicted molar refractivity (Wildman–Crippen MR) is 70.0 cm³/mol. The Hall–Kier alpha value is -2.39. The van der Waals surface area contributed by atoms with Gasteiger partial charge >= 0.3 is 0 Å². The number of nitrogens with two attached hydrogens (primary N) is 1. The number of hydrogen-bond donors (Lipinski definition) is 3. The molecule has 2 aromatic rings. The third-order valence-electron chi connectivity index (χ3n) is 2.70. The quantitative estimate of drug-likeness (QED) is 0.535. The lowest BCUT2D eigenvalue weighted by atomic mass is 10.2. The van der Waals surface area contributed by atoms with Crippen molar-refractivity contribution in [3.8, 4) is 6.07 Å². The Morgan fingerprint density at radius 3 is 2.89 bits per heavy atom. The van der Waals surface area contributed by atoms with E-state index in [0.29, 0.717) is 11.4 Å². The molecule has 3 rings (SSSR count). The normalized spacial score (nSPS) is 11.9. The number of nitriles is 1. The molecule has 4 N–H and O–H groups in total. The van der Waals surface area contributed by atoms with Crippen LogP contribution in [0.25, 0.3) is 0 Å². The van der Waals surface area contributed by atoms with Gasteiger partial charge in [-0.1, -0.05) is 17.8 Å². The van der Waals surface area contributed by atoms with Crippen LogP contribution in [-0.2, 0) is 0 Å². The van der Waals surface area contributed by atoms with Crippen LogP contribution in [0.15, 0.2) is 39.0 Å². The van der Waals surface area contributed by atoms with E-state index in [1.807, 2.05) is 18.2 Å². The molecule has 0 bridgehead atoms. The molecule has 2 heterocycles. The standard InChI is InChI=1S/C12H8N4OS/c13-4-6-10-9(5-15-12(6)17)18-8-3-1-2-7(14)11(8)16-10/h1-3,5,16H,14H2,(H,15,17). The van der Waals surface area contributed by atoms with Crippen LogP contribution >= 0.6 is 11.8 Å². The van der Waals surface area contributed by atoms with E-state index in [1.165, 1.54) is 11.8 Å². The predicted octanol–water partition coefficient (Wildman–Crippen LogP) is 2.04. The van der Waals surface area contributed by atoms with E-state index < -0.39 is 5.56 Å². The number of rotatable bonds is 0. The largest absolute Gasteiger partial charge is 0.397 e. The summed E-state index contributed by atoms with van der Waals surface area (Å²) in [6.45, 7) is 0. The highest BCUT2D eigenvalue weighted by molar-refractivity contribution is 7.99. The number of fused-ring (bicyclic) bond motifs is 2. The molecule has 0 saturated heterocycles. The summed E-state index contributed by atoms with van der Waals surface area (Å²) >= 11 is 1.47. The Bertz CT molecular complexity index is 745. The maximum atomic E-state index is 11.6. The SMILES string of the molecule is N#Cc1c2c(c[nH]c1=O)Sc1cccc(N)c1N2. The monoisotopic (exact) mass is 256 g/mol. The zero-order valence-corrected chi connectivity index (χ0v) is 9.97. The smallest absolute Gasteiger partial charge is 0.268 e. The van der Waals surface area contributed by atoms with Gasteiger partial charge in [0.2, 0.25) is 0 Å². The van der Waals surface area contributed by atoms with Crippen molar-refractivity contribution in [3.05, 3.63) is 40.3 Å². The van der Waals surface area contributed by atoms with Crippen molar-refractivity contribution in [2.24, 2.45) is 0 Å². The number of hydrogen-bond acceptors (Lipinski definition) is 5. The lowest BCUT2D eigenvalue weighted by Crippen LogP contribution is -2.15. The third-order valence-corrected chi connectivity index (χ3v) is 3.80. The number of nitrogen functional groups attached to an aromatic ring is 1. The van der Waals surface area contributed by atoms with Gasteiger partial charge in [0.25, 0.3) is 5.56 Å². The van der Waals surface area contributed by atoms with Crippen LogP contribution in [0.4, 0.5) is 17.1 Å². The molecule has 5 nitrogen and oxygen atoms in total. The van der Waals surface area contributed by atoms with Crippen LogP contribution in [0.2, 0.25) is 0 Å². The van der Waals surface area contributed by atoms with Gasteiger partial charge in [-0.3, -0.25) is 4.79 Å². The van der Waals surface area contributed by atoms with E-state index in [0.717, 1.165) is 15.5 Å². The Morgan fingerprint density at radius 2 is 2.11 bits per heavy atom. The molecule has 1 aliphatic rings. The zero-order chi connectivity index (χ0) is 12.7. The fraction of sp³-hybridized carbons (Fsp3) is 0. The van der Waals surface area contributed by atoms with Crippen molar-refractivity contribution in [2.75, 3.05) is 11.1 Å². The van der Waals surface area contributed by atoms with Gasteiger partial charge in [0.05, 0.1) is 22.0 Å². The van der Waals surface area contributed by atoms with E-state index >= 15 is 0 Å². The topological polar surface area (TPSA) is 94.7 Å². The fourth-order valence-corrected chi connectivity index (χ4v) is 2.86. The van der Waals surface area contributed by atoms with Crippen molar-refractivity contribution >= 4 is 28.8 Å². The molecule has 0 spiro atoms. The molecule has 88 valence electrons. The van der Waals surface area contributed by atoms with Crippen LogP contribution in [0.5, 0.6) is 0 Å². The number of aromatic amines is 1. The number of benzene rings is 1. The first-order valence-corrected chi connectivity index (χ1v) is 6.01. The van der Waals surface area contributed by atoms with Gasteiger partial charge in [0.15, 0.2) is 0 Å². The van der Waals surface area contributed by atoms with Crippen LogP contribution in [0, 0.1) is 11.3 Å². The molecule has 0 fully saturated rings. The van der Waals surface area contributed by atoms with Crippen LogP contribution in [-0.4, -0.2) is 4.98 Å². The Balaban J connectivity index is 2.24. The second kappa shape index (κ2) is 3.82. The first-order chi connectivity index (χ1) is 8.70. The number of para-hydroxylation sites is 1. The van der Waals surface area contributed by atoms with Crippen molar-refractivity contribution in [3.63, 3.8) is 0 Å². The second-order valence-corrected chi connectivity index (χ2v) is 4.88. The van der Waals surface area contributed by atoms with Crippen LogP contribution in [0.1, 0.15) is 5.56 Å². The number of anilines is 3. The molecule has 0 unspecified atom stereocenters. The number of nitrogens with zero attached hydrogens (tertiary/aromatic N) is 1. The molecule has 1 aromatic heterocycles. The summed E-state index contributed by atoms with van der Waals surface area (Å²) in [6, 6.07) is 7.49. The van der Waals surface area contributed by atoms with Gasteiger partial charge in [0.1, 0.15) is 11.6 Å². The highest BCUT2D eigenvalue weighted by Crippen LogP contribution is 2.46. The number of nitrogens with one attached hydrogen (secondary N) is 2. The number of H-pyrrole nitrogens is 1. The van der Waals surface area contributed by atoms with Crippen LogP contribution in [0.3, 0.4) is 0 Å². The molecule has 0 saturated carbocycles. The lowest BCUT2D eigenvalue weighted by Gasteiger charge is -2.22. The van der Waals surface area contributed by atoms with Crippen molar-refractivity contribution in [1.82, 2.24) is 4.98 Å². The van der Waals surface area contributed by atoms with Crippen LogP contribution < -0.4 is 16.6 Å². The van der Waals surface area contributed by atoms with E-state index in [-0.39, 0.29) is 5.56 Å². The summed E-state index contributed by atoms with van der Waals surface area (Å²) in [5.74, 6) is 0. The van der Waals surface area contributed by atoms with Crippen molar-refractivity contribution < 1.29 is 0 Å². The maximum Gasteiger partial charge on any atom is 0.268 e. The molecular weight excluding hydrogens is 248 g/mol. The summed E-state index contributed by atoms with van der Waals surface area (Å²) in [5.41, 5.74) is 7.42. The molecular formula is C12H8N4OS. The van der Waals surface area contributed by atoms with Gasteiger partial charge in [-0.2, -0.15) is 5.26 Å². The lowest BCUT2D eigenvalue weighted by molar-refractivity contribution is 1.14. The third kappa shape index (κ3) is 1.45. The Labute approximate surface area is 107 Å². The summed E-state index contributed by atoms with van der Waals surface area (Å²) in [7, 11) is 0. The highest BCUT2D eigenvalue weighted by atomic mass is 32.2. The molecule has 6 heteroatoms. The van der Waals surface area contributed by atoms with E-state index in [1.54, 1.807) is 12.3 Å². The molecule has 0 radical (unpaired) electrons. The van der Waals surface area contributed by atoms with Gasteiger partial charge < -0.3 is 16.0 Å². The minimum Gasteiger partial charge on any atom is -0.397 e. The Morgan fingerprint density at radius 1 is 1.28 bits per heavy atom. The summed E-state index contributed by atoms with van der Waals surface area (Å²) in [4.78, 5) is 15.9. The van der Waals surface area contributed by atoms with Gasteiger partial charge in [0, 0.05) is 11.1 Å². The summed E-state index contributed by atoms with van der Waals surface area (Å²) in [5, 5.41) is 12.1. The fourth-order valence-electron chi connectivity index (χ4n) is 1.83. The second-order valence-electron chi connectivity index (χ2n) is 3.79. The maximum absolute atomic E-state index is 11.6. The minimum absolute atomic E-state index is 0.0777. The average Bonchev–Trinajstić information content (AvgIpc) is 2.38. The zero-order valence-electron chi connectivity index (χ0n) is 9.15. The minimum atomic E-state index is -0.401. The van der Waals surface area contributed by atoms with Crippen molar-refractivity contribution in [2.45, 2.75) is 9.79 Å². The molecule has 0 amide bonds. The first-order valence-electron chi connectivity index (χ1n) is 5.20. The van der Waals surface area contributed by atoms with E-state index in [4.69, 9.17) is 11.0 Å². The van der Waals surface area contributed by atoms with E-state index in [9.17, 15) is 4.79 Å². The number of aromatic nitrogens is 1. The van der Waals surface area contributed by atoms with E-state index in [2.05, 4.69) is 10.3 Å². The summed E-state index contributed by atoms with van der Waals surface area (Å²) in [6.07, 6.45) is 1.60. The molecule has 18 heavy (non-hydrogen) atoms. The molecule has 0 atom stereocenters. The Kier molecular flexibility index (Phi) is 2.28. The average molecular weight is 256 g/mol. The first kappa shape index (κ1) is 10.7. The molecule has 1 aromatic carbocycles. The van der Waals surface area contributed by atoms with Gasteiger partial charge in [-0.25, -0.2) is 0 Å². The van der Waals surface area contributed by atoms with Gasteiger partial charge in [-0.15, -0.1) is 0 Å². The van der Waals surface area contributed by atoms with Gasteiger partial charge in [-0.05, 0) is 12.1 Å². The number of pyridine rings is 1. The summed E-state index contributed by atoms with van der Waals surface area (Å²) < 4.78 is 0. The molecule has 1 aliphatic heterocycles. The molecule has 0 aliphatic carbocycles. The van der Waals surface area contributed by atoms with Crippen molar-refractivity contribution in [1.29, 1.82) is 5.26 Å². The highest BCUT2D eigenvalue weighted by Gasteiger charge is 2.21.